The van der Waals surface area contributed by atoms with Gasteiger partial charge < -0.3 is 15.7 Å². The molecule has 0 spiro atoms. The molecule has 1 heterocycles. The summed E-state index contributed by atoms with van der Waals surface area (Å²) < 4.78 is 24.8. The Morgan fingerprint density at radius 1 is 1.60 bits per heavy atom. The number of aliphatic hydroxyl groups is 1. The number of alkyl halides is 2. The molecule has 0 aliphatic rings. The molecule has 8 nitrogen and oxygen atoms in total. The SMILES string of the molecule is Nc1cc(C(=O)N(CCO)CC(F)F)c([N+](=O)[O-])cn1. The maximum absolute atomic E-state index is 12.4. The minimum atomic E-state index is -2.83. The molecular formula is C10H12F2N4O4. The third-order valence-electron chi connectivity index (χ3n) is 2.35. The number of carbonyl (C=O) groups excluding carboxylic acids is 1. The molecule has 0 unspecified atom stereocenters. The largest absolute Gasteiger partial charge is 0.395 e. The van der Waals surface area contributed by atoms with Gasteiger partial charge in [0.25, 0.3) is 18.0 Å². The van der Waals surface area contributed by atoms with E-state index in [-0.39, 0.29) is 12.4 Å². The number of nitrogen functional groups attached to an aromatic ring is 1. The number of hydrogen-bond acceptors (Lipinski definition) is 6. The van der Waals surface area contributed by atoms with Gasteiger partial charge in [-0.3, -0.25) is 14.9 Å². The highest BCUT2D eigenvalue weighted by molar-refractivity contribution is 5.98. The second kappa shape index (κ2) is 6.70. The maximum Gasteiger partial charge on any atom is 0.300 e. The van der Waals surface area contributed by atoms with E-state index in [1.165, 1.54) is 0 Å². The molecule has 0 bridgehead atoms. The summed E-state index contributed by atoms with van der Waals surface area (Å²) in [6.07, 6.45) is -2.05. The summed E-state index contributed by atoms with van der Waals surface area (Å²) in [5.41, 5.74) is 4.25. The van der Waals surface area contributed by atoms with Crippen LogP contribution in [0.15, 0.2) is 12.3 Å². The normalized spacial score (nSPS) is 10.6. The van der Waals surface area contributed by atoms with E-state index in [4.69, 9.17) is 10.8 Å². The Morgan fingerprint density at radius 2 is 2.25 bits per heavy atom. The van der Waals surface area contributed by atoms with Crippen molar-refractivity contribution in [3.8, 4) is 0 Å². The molecule has 0 aromatic carbocycles. The van der Waals surface area contributed by atoms with Gasteiger partial charge >= 0.3 is 0 Å². The number of rotatable bonds is 6. The van der Waals surface area contributed by atoms with Crippen LogP contribution in [0.3, 0.4) is 0 Å². The highest BCUT2D eigenvalue weighted by atomic mass is 19.3. The molecule has 0 atom stereocenters. The number of hydrogen-bond donors (Lipinski definition) is 2. The molecule has 3 N–H and O–H groups in total. The molecule has 0 fully saturated rings. The van der Waals surface area contributed by atoms with Gasteiger partial charge in [-0.2, -0.15) is 0 Å². The summed E-state index contributed by atoms with van der Waals surface area (Å²) in [5.74, 6) is -1.17. The van der Waals surface area contributed by atoms with Crippen LogP contribution in [0.1, 0.15) is 10.4 Å². The fourth-order valence-corrected chi connectivity index (χ4v) is 1.51. The van der Waals surface area contributed by atoms with Gasteiger partial charge in [0.2, 0.25) is 0 Å². The third kappa shape index (κ3) is 3.82. The van der Waals surface area contributed by atoms with Crippen LogP contribution in [0.4, 0.5) is 20.3 Å². The van der Waals surface area contributed by atoms with Crippen LogP contribution in [-0.2, 0) is 0 Å². The van der Waals surface area contributed by atoms with Gasteiger partial charge in [0.05, 0.1) is 18.1 Å². The number of anilines is 1. The molecule has 10 heteroatoms. The molecule has 0 saturated heterocycles. The summed E-state index contributed by atoms with van der Waals surface area (Å²) in [6, 6.07) is 0.941. The minimum Gasteiger partial charge on any atom is -0.395 e. The van der Waals surface area contributed by atoms with Gasteiger partial charge in [-0.05, 0) is 6.07 Å². The van der Waals surface area contributed by atoms with Crippen molar-refractivity contribution in [2.24, 2.45) is 0 Å². The number of carbonyl (C=O) groups is 1. The minimum absolute atomic E-state index is 0.153. The first-order valence-corrected chi connectivity index (χ1v) is 5.45. The molecule has 1 aromatic rings. The molecule has 0 aliphatic heterocycles. The van der Waals surface area contributed by atoms with E-state index in [1.54, 1.807) is 0 Å². The van der Waals surface area contributed by atoms with Crippen molar-refractivity contribution in [2.75, 3.05) is 25.4 Å². The topological polar surface area (TPSA) is 123 Å². The van der Waals surface area contributed by atoms with Gasteiger partial charge in [0.1, 0.15) is 17.6 Å². The van der Waals surface area contributed by atoms with Gasteiger partial charge in [0, 0.05) is 6.54 Å². The van der Waals surface area contributed by atoms with E-state index >= 15 is 0 Å². The summed E-state index contributed by atoms with van der Waals surface area (Å²) in [7, 11) is 0. The fraction of sp³-hybridized carbons (Fsp3) is 0.400. The van der Waals surface area contributed by atoms with E-state index in [0.29, 0.717) is 4.90 Å². The van der Waals surface area contributed by atoms with Gasteiger partial charge in [-0.15, -0.1) is 0 Å². The number of nitrogens with two attached hydrogens (primary N) is 1. The molecule has 20 heavy (non-hydrogen) atoms. The Labute approximate surface area is 112 Å². The van der Waals surface area contributed by atoms with Crippen LogP contribution in [0, 0.1) is 10.1 Å². The first kappa shape index (κ1) is 15.7. The number of amides is 1. The van der Waals surface area contributed by atoms with Crippen LogP contribution in [-0.4, -0.2) is 51.9 Å². The molecule has 1 rings (SSSR count). The van der Waals surface area contributed by atoms with Crippen molar-refractivity contribution in [3.63, 3.8) is 0 Å². The predicted octanol–water partition coefficient (Wildman–Crippen LogP) is 0.272. The van der Waals surface area contributed by atoms with Gasteiger partial charge in [0.15, 0.2) is 0 Å². The lowest BCUT2D eigenvalue weighted by Crippen LogP contribution is -2.37. The zero-order valence-electron chi connectivity index (χ0n) is 10.2. The third-order valence-corrected chi connectivity index (χ3v) is 2.35. The molecule has 0 saturated carbocycles. The van der Waals surface area contributed by atoms with E-state index in [0.717, 1.165) is 12.3 Å². The zero-order chi connectivity index (χ0) is 15.3. The average molecular weight is 290 g/mol. The van der Waals surface area contributed by atoms with Crippen molar-refractivity contribution < 1.29 is 23.6 Å². The van der Waals surface area contributed by atoms with Crippen molar-refractivity contribution in [3.05, 3.63) is 27.9 Å². The van der Waals surface area contributed by atoms with Crippen molar-refractivity contribution >= 4 is 17.4 Å². The van der Waals surface area contributed by atoms with Crippen LogP contribution >= 0.6 is 0 Å². The monoisotopic (exact) mass is 290 g/mol. The van der Waals surface area contributed by atoms with Gasteiger partial charge in [-0.1, -0.05) is 0 Å². The number of nitrogens with zero attached hydrogens (tertiary/aromatic N) is 3. The van der Waals surface area contributed by atoms with Crippen molar-refractivity contribution in [1.82, 2.24) is 9.88 Å². The average Bonchev–Trinajstić information content (AvgIpc) is 2.36. The Bertz CT molecular complexity index is 512. The van der Waals surface area contributed by atoms with Gasteiger partial charge in [-0.25, -0.2) is 13.8 Å². The molecule has 1 aromatic heterocycles. The Hall–Kier alpha value is -2.36. The van der Waals surface area contributed by atoms with E-state index in [2.05, 4.69) is 4.98 Å². The van der Waals surface area contributed by atoms with E-state index in [9.17, 15) is 23.7 Å². The Balaban J connectivity index is 3.16. The first-order valence-electron chi connectivity index (χ1n) is 5.45. The van der Waals surface area contributed by atoms with Crippen LogP contribution in [0.25, 0.3) is 0 Å². The number of aromatic nitrogens is 1. The standard InChI is InChI=1S/C10H12F2N4O4/c11-8(12)5-15(1-2-17)10(18)6-3-9(13)14-4-7(6)16(19)20/h3-4,8,17H,1-2,5H2,(H2,13,14). The number of halogens is 2. The second-order valence-corrected chi connectivity index (χ2v) is 3.75. The van der Waals surface area contributed by atoms with Crippen molar-refractivity contribution in [2.45, 2.75) is 6.43 Å². The lowest BCUT2D eigenvalue weighted by molar-refractivity contribution is -0.385. The number of aliphatic hydroxyl groups excluding tert-OH is 1. The highest BCUT2D eigenvalue weighted by Gasteiger charge is 2.27. The number of pyridine rings is 1. The summed E-state index contributed by atoms with van der Waals surface area (Å²) >= 11 is 0. The molecule has 0 aliphatic carbocycles. The predicted molar refractivity (Wildman–Crippen MR) is 64.3 cm³/mol. The summed E-state index contributed by atoms with van der Waals surface area (Å²) in [5, 5.41) is 19.6. The smallest absolute Gasteiger partial charge is 0.300 e. The lowest BCUT2D eigenvalue weighted by Gasteiger charge is -2.21. The zero-order valence-corrected chi connectivity index (χ0v) is 10.2. The molecular weight excluding hydrogens is 278 g/mol. The van der Waals surface area contributed by atoms with Crippen LogP contribution in [0.5, 0.6) is 0 Å². The quantitative estimate of drug-likeness (QED) is 0.572. The summed E-state index contributed by atoms with van der Waals surface area (Å²) in [6.45, 7) is -1.87. The van der Waals surface area contributed by atoms with Crippen LogP contribution < -0.4 is 5.73 Å². The van der Waals surface area contributed by atoms with E-state index in [1.807, 2.05) is 0 Å². The molecule has 1 amide bonds. The first-order chi connectivity index (χ1) is 9.36. The Kier molecular flexibility index (Phi) is 5.26. The Morgan fingerprint density at radius 3 is 2.75 bits per heavy atom. The second-order valence-electron chi connectivity index (χ2n) is 3.75. The van der Waals surface area contributed by atoms with E-state index < -0.39 is 41.7 Å². The lowest BCUT2D eigenvalue weighted by atomic mass is 10.2. The highest BCUT2D eigenvalue weighted by Crippen LogP contribution is 2.21. The fourth-order valence-electron chi connectivity index (χ4n) is 1.51. The summed E-state index contributed by atoms with van der Waals surface area (Å²) in [4.78, 5) is 26.1. The molecule has 0 radical (unpaired) electrons. The maximum atomic E-state index is 12.4. The van der Waals surface area contributed by atoms with Crippen LogP contribution in [0.2, 0.25) is 0 Å². The molecule has 110 valence electrons. The number of nitro groups is 1. The van der Waals surface area contributed by atoms with Crippen molar-refractivity contribution in [1.29, 1.82) is 0 Å².